The molecular formula is C31H35N3O7S2. The van der Waals surface area contributed by atoms with E-state index in [0.29, 0.717) is 40.5 Å². The summed E-state index contributed by atoms with van der Waals surface area (Å²) in [6.45, 7) is 8.02. The summed E-state index contributed by atoms with van der Waals surface area (Å²) in [7, 11) is 1.56. The number of nitrogens with one attached hydrogen (secondary N) is 2. The van der Waals surface area contributed by atoms with Gasteiger partial charge in [-0.05, 0) is 82.1 Å². The van der Waals surface area contributed by atoms with E-state index in [1.54, 1.807) is 61.4 Å². The Morgan fingerprint density at radius 3 is 2.47 bits per heavy atom. The number of nitrogens with zero attached hydrogens (tertiary/aromatic N) is 1. The minimum Gasteiger partial charge on any atom is -0.497 e. The number of rotatable bonds is 9. The molecule has 12 heteroatoms. The Morgan fingerprint density at radius 2 is 1.79 bits per heavy atom. The molecular weight excluding hydrogens is 590 g/mol. The standard InChI is InChI=1S/C31H35N3O7S2/c1-6-40-29(37)26-23-14-15-34(30(38)41-31(2,3)4)17-24(23)43-28(26)33-25(35)18-42-22-9-7-8-20(16-22)32-27(36)19-10-12-21(39-5)13-11-19/h7-13,16H,6,14-15,17-18H2,1-5H3,(H,32,36)(H,33,35). The Morgan fingerprint density at radius 1 is 1.05 bits per heavy atom. The predicted molar refractivity (Wildman–Crippen MR) is 167 cm³/mol. The van der Waals surface area contributed by atoms with Gasteiger partial charge in [0, 0.05) is 27.6 Å². The average Bonchev–Trinajstić information content (AvgIpc) is 3.32. The van der Waals surface area contributed by atoms with Gasteiger partial charge in [0.05, 0.1) is 31.6 Å². The third-order valence-electron chi connectivity index (χ3n) is 6.26. The van der Waals surface area contributed by atoms with Gasteiger partial charge in [-0.15, -0.1) is 23.1 Å². The number of benzene rings is 2. The van der Waals surface area contributed by atoms with Crippen molar-refractivity contribution in [1.29, 1.82) is 0 Å². The summed E-state index contributed by atoms with van der Waals surface area (Å²) < 4.78 is 15.9. The molecule has 0 radical (unpaired) electrons. The number of ether oxygens (including phenoxy) is 3. The van der Waals surface area contributed by atoms with Crippen LogP contribution in [-0.2, 0) is 27.2 Å². The molecule has 1 aliphatic heterocycles. The third kappa shape index (κ3) is 8.51. The molecule has 3 aromatic rings. The summed E-state index contributed by atoms with van der Waals surface area (Å²) in [6.07, 6.45) is 0.0208. The highest BCUT2D eigenvalue weighted by Gasteiger charge is 2.32. The van der Waals surface area contributed by atoms with E-state index >= 15 is 0 Å². The predicted octanol–water partition coefficient (Wildman–Crippen LogP) is 6.21. The van der Waals surface area contributed by atoms with Crippen LogP contribution in [0.15, 0.2) is 53.4 Å². The lowest BCUT2D eigenvalue weighted by Gasteiger charge is -2.30. The SMILES string of the molecule is CCOC(=O)c1c(NC(=O)CSc2cccc(NC(=O)c3ccc(OC)cc3)c2)sc2c1CCN(C(=O)OC(C)(C)C)C2. The minimum atomic E-state index is -0.624. The molecule has 228 valence electrons. The van der Waals surface area contributed by atoms with Crippen LogP contribution < -0.4 is 15.4 Å². The third-order valence-corrected chi connectivity index (χ3v) is 8.38. The highest BCUT2D eigenvalue weighted by atomic mass is 32.2. The molecule has 0 aliphatic carbocycles. The summed E-state index contributed by atoms with van der Waals surface area (Å²) in [5.41, 5.74) is 1.58. The van der Waals surface area contributed by atoms with Crippen LogP contribution in [0.1, 0.15) is 58.9 Å². The molecule has 10 nitrogen and oxygen atoms in total. The zero-order chi connectivity index (χ0) is 31.1. The molecule has 3 amide bonds. The van der Waals surface area contributed by atoms with Gasteiger partial charge in [0.25, 0.3) is 5.91 Å². The van der Waals surface area contributed by atoms with Crippen LogP contribution in [0.4, 0.5) is 15.5 Å². The quantitative estimate of drug-likeness (QED) is 0.213. The van der Waals surface area contributed by atoms with Gasteiger partial charge >= 0.3 is 12.1 Å². The van der Waals surface area contributed by atoms with E-state index in [4.69, 9.17) is 14.2 Å². The molecule has 0 saturated carbocycles. The fourth-order valence-electron chi connectivity index (χ4n) is 4.31. The summed E-state index contributed by atoms with van der Waals surface area (Å²) in [4.78, 5) is 54.4. The molecule has 43 heavy (non-hydrogen) atoms. The number of thioether (sulfide) groups is 1. The van der Waals surface area contributed by atoms with Crippen LogP contribution in [0.5, 0.6) is 5.75 Å². The molecule has 0 atom stereocenters. The number of hydrogen-bond acceptors (Lipinski definition) is 9. The topological polar surface area (TPSA) is 123 Å². The molecule has 0 spiro atoms. The molecule has 2 N–H and O–H groups in total. The number of carbonyl (C=O) groups is 4. The van der Waals surface area contributed by atoms with Crippen molar-refractivity contribution in [3.63, 3.8) is 0 Å². The van der Waals surface area contributed by atoms with Crippen molar-refractivity contribution in [3.8, 4) is 5.75 Å². The van der Waals surface area contributed by atoms with Crippen molar-refractivity contribution >= 4 is 57.7 Å². The van der Waals surface area contributed by atoms with Crippen LogP contribution in [0.3, 0.4) is 0 Å². The molecule has 1 aliphatic rings. The van der Waals surface area contributed by atoms with Crippen LogP contribution >= 0.6 is 23.1 Å². The van der Waals surface area contributed by atoms with Crippen LogP contribution in [0.2, 0.25) is 0 Å². The Labute approximate surface area is 259 Å². The van der Waals surface area contributed by atoms with E-state index in [1.165, 1.54) is 23.1 Å². The van der Waals surface area contributed by atoms with Crippen LogP contribution in [0, 0.1) is 0 Å². The number of esters is 1. The van der Waals surface area contributed by atoms with E-state index in [0.717, 1.165) is 15.3 Å². The van der Waals surface area contributed by atoms with Gasteiger partial charge in [0.2, 0.25) is 5.91 Å². The van der Waals surface area contributed by atoms with Crippen molar-refractivity contribution in [1.82, 2.24) is 4.90 Å². The first-order chi connectivity index (χ1) is 20.5. The first-order valence-corrected chi connectivity index (χ1v) is 15.5. The van der Waals surface area contributed by atoms with Crippen molar-refractivity contribution in [2.75, 3.05) is 36.6 Å². The lowest BCUT2D eigenvalue weighted by Crippen LogP contribution is -2.39. The Bertz CT molecular complexity index is 1500. The zero-order valence-electron chi connectivity index (χ0n) is 24.8. The number of hydrogen-bond donors (Lipinski definition) is 2. The number of methoxy groups -OCH3 is 1. The molecule has 0 unspecified atom stereocenters. The lowest BCUT2D eigenvalue weighted by atomic mass is 10.0. The number of fused-ring (bicyclic) bond motifs is 1. The average molecular weight is 626 g/mol. The maximum absolute atomic E-state index is 13.0. The summed E-state index contributed by atoms with van der Waals surface area (Å²) >= 11 is 2.57. The van der Waals surface area contributed by atoms with Crippen molar-refractivity contribution < 1.29 is 33.4 Å². The normalized spacial score (nSPS) is 12.6. The second kappa shape index (κ2) is 14.0. The van der Waals surface area contributed by atoms with E-state index < -0.39 is 17.7 Å². The van der Waals surface area contributed by atoms with E-state index in [9.17, 15) is 19.2 Å². The number of amides is 3. The smallest absolute Gasteiger partial charge is 0.410 e. The highest BCUT2D eigenvalue weighted by Crippen LogP contribution is 2.38. The van der Waals surface area contributed by atoms with Crippen molar-refractivity contribution in [2.45, 2.75) is 51.2 Å². The Balaban J connectivity index is 1.41. The monoisotopic (exact) mass is 625 g/mol. The van der Waals surface area contributed by atoms with Gasteiger partial charge in [-0.1, -0.05) is 6.07 Å². The largest absolute Gasteiger partial charge is 0.497 e. The lowest BCUT2D eigenvalue weighted by molar-refractivity contribution is -0.113. The van der Waals surface area contributed by atoms with Gasteiger partial charge < -0.3 is 29.7 Å². The van der Waals surface area contributed by atoms with Gasteiger partial charge in [0.15, 0.2) is 0 Å². The Kier molecular flexibility index (Phi) is 10.4. The molecule has 1 aromatic heterocycles. The fraction of sp³-hybridized carbons (Fsp3) is 0.355. The highest BCUT2D eigenvalue weighted by molar-refractivity contribution is 8.00. The first-order valence-electron chi connectivity index (χ1n) is 13.7. The van der Waals surface area contributed by atoms with Gasteiger partial charge in [-0.25, -0.2) is 9.59 Å². The summed E-state index contributed by atoms with van der Waals surface area (Å²) in [5.74, 6) is -0.334. The molecule has 2 aromatic carbocycles. The number of thiophene rings is 1. The van der Waals surface area contributed by atoms with E-state index in [2.05, 4.69) is 10.6 Å². The second-order valence-corrected chi connectivity index (χ2v) is 12.8. The van der Waals surface area contributed by atoms with Crippen LogP contribution in [-0.4, -0.2) is 60.4 Å². The van der Waals surface area contributed by atoms with Gasteiger partial charge in [-0.2, -0.15) is 0 Å². The number of carbonyl (C=O) groups excluding carboxylic acids is 4. The molecule has 0 fully saturated rings. The first kappa shape index (κ1) is 31.9. The maximum atomic E-state index is 13.0. The maximum Gasteiger partial charge on any atom is 0.410 e. The zero-order valence-corrected chi connectivity index (χ0v) is 26.4. The van der Waals surface area contributed by atoms with E-state index in [-0.39, 0.29) is 30.7 Å². The molecule has 2 heterocycles. The molecule has 0 saturated heterocycles. The number of anilines is 2. The van der Waals surface area contributed by atoms with Gasteiger partial charge in [-0.3, -0.25) is 9.59 Å². The van der Waals surface area contributed by atoms with E-state index in [1.807, 2.05) is 26.8 Å². The van der Waals surface area contributed by atoms with Gasteiger partial charge in [0.1, 0.15) is 16.4 Å². The fourth-order valence-corrected chi connectivity index (χ4v) is 6.34. The molecule has 4 rings (SSSR count). The van der Waals surface area contributed by atoms with Crippen molar-refractivity contribution in [2.24, 2.45) is 0 Å². The van der Waals surface area contributed by atoms with Crippen LogP contribution in [0.25, 0.3) is 0 Å². The molecule has 0 bridgehead atoms. The second-order valence-electron chi connectivity index (χ2n) is 10.6. The summed E-state index contributed by atoms with van der Waals surface area (Å²) in [6, 6.07) is 14.0. The van der Waals surface area contributed by atoms with Crippen molar-refractivity contribution in [3.05, 3.63) is 70.1 Å². The Hall–Kier alpha value is -4.03. The minimum absolute atomic E-state index is 0.0742. The summed E-state index contributed by atoms with van der Waals surface area (Å²) in [5, 5.41) is 6.15.